The molecule has 0 radical (unpaired) electrons. The van der Waals surface area contributed by atoms with Crippen LogP contribution in [0.3, 0.4) is 0 Å². The summed E-state index contributed by atoms with van der Waals surface area (Å²) in [6.07, 6.45) is 0. The number of hydrogen-bond donors (Lipinski definition) is 2. The summed E-state index contributed by atoms with van der Waals surface area (Å²) in [7, 11) is 0. The van der Waals surface area contributed by atoms with E-state index in [1.165, 1.54) is 18.2 Å². The number of fused-ring (bicyclic) bond motifs is 1. The Labute approximate surface area is 78.4 Å². The average molecular weight is 191 g/mol. The predicted octanol–water partition coefficient (Wildman–Crippen LogP) is 0.514. The van der Waals surface area contributed by atoms with Crippen molar-refractivity contribution in [3.63, 3.8) is 0 Å². The van der Waals surface area contributed by atoms with Gasteiger partial charge in [-0.2, -0.15) is 0 Å². The first-order valence-corrected chi connectivity index (χ1v) is 3.78. The molecule has 0 bridgehead atoms. The maximum Gasteiger partial charge on any atom is 0.365 e. The third-order valence-electron chi connectivity index (χ3n) is 1.87. The molecule has 2 rings (SSSR count). The molecule has 1 aromatic rings. The highest BCUT2D eigenvalue weighted by Gasteiger charge is 2.33. The zero-order chi connectivity index (χ0) is 10.3. The van der Waals surface area contributed by atoms with E-state index in [2.05, 4.69) is 4.74 Å². The molecule has 1 heterocycles. The zero-order valence-corrected chi connectivity index (χ0v) is 6.90. The minimum atomic E-state index is -0.992. The molecular formula is C9H5NO4. The van der Waals surface area contributed by atoms with Crippen molar-refractivity contribution in [2.45, 2.75) is 0 Å². The third-order valence-corrected chi connectivity index (χ3v) is 1.87. The van der Waals surface area contributed by atoms with Crippen molar-refractivity contribution in [3.8, 4) is 11.5 Å². The number of ether oxygens (including phenoxy) is 1. The Morgan fingerprint density at radius 1 is 1.29 bits per heavy atom. The van der Waals surface area contributed by atoms with Crippen LogP contribution in [0.4, 0.5) is 0 Å². The number of carbonyl (C=O) groups is 2. The van der Waals surface area contributed by atoms with Crippen LogP contribution >= 0.6 is 0 Å². The quantitative estimate of drug-likeness (QED) is 0.462. The normalized spacial score (nSPS) is 15.0. The van der Waals surface area contributed by atoms with E-state index in [4.69, 9.17) is 5.41 Å². The number of rotatable bonds is 0. The van der Waals surface area contributed by atoms with Gasteiger partial charge in [0.25, 0.3) is 0 Å². The van der Waals surface area contributed by atoms with E-state index < -0.39 is 17.5 Å². The van der Waals surface area contributed by atoms with Gasteiger partial charge < -0.3 is 9.84 Å². The first-order valence-electron chi connectivity index (χ1n) is 3.78. The number of carbonyl (C=O) groups excluding carboxylic acids is 2. The fraction of sp³-hybridized carbons (Fsp3) is 0. The molecule has 14 heavy (non-hydrogen) atoms. The average Bonchev–Trinajstić information content (AvgIpc) is 2.14. The van der Waals surface area contributed by atoms with E-state index in [-0.39, 0.29) is 17.1 Å². The van der Waals surface area contributed by atoms with Gasteiger partial charge in [-0.15, -0.1) is 0 Å². The highest BCUT2D eigenvalue weighted by molar-refractivity contribution is 6.68. The van der Waals surface area contributed by atoms with Gasteiger partial charge >= 0.3 is 5.97 Å². The fourth-order valence-corrected chi connectivity index (χ4v) is 1.20. The third kappa shape index (κ3) is 0.990. The summed E-state index contributed by atoms with van der Waals surface area (Å²) >= 11 is 0. The molecule has 1 aliphatic heterocycles. The second-order valence-electron chi connectivity index (χ2n) is 2.74. The van der Waals surface area contributed by atoms with Crippen LogP contribution in [-0.2, 0) is 4.79 Å². The summed E-state index contributed by atoms with van der Waals surface area (Å²) in [6, 6.07) is 4.13. The number of phenolic OH excluding ortho intramolecular Hbond substituents is 1. The van der Waals surface area contributed by atoms with E-state index in [1.54, 1.807) is 0 Å². The molecule has 0 saturated carbocycles. The van der Waals surface area contributed by atoms with Crippen molar-refractivity contribution >= 4 is 17.5 Å². The molecule has 5 nitrogen and oxygen atoms in total. The Hall–Kier alpha value is -2.17. The summed E-state index contributed by atoms with van der Waals surface area (Å²) in [5, 5.41) is 16.4. The van der Waals surface area contributed by atoms with Gasteiger partial charge in [-0.25, -0.2) is 4.79 Å². The predicted molar refractivity (Wildman–Crippen MR) is 45.8 cm³/mol. The van der Waals surface area contributed by atoms with Crippen LogP contribution in [0, 0.1) is 5.41 Å². The topological polar surface area (TPSA) is 87.5 Å². The maximum atomic E-state index is 11.4. The van der Waals surface area contributed by atoms with Crippen molar-refractivity contribution in [1.82, 2.24) is 0 Å². The number of benzene rings is 1. The smallest absolute Gasteiger partial charge is 0.365 e. The molecule has 0 spiro atoms. The standard InChI is InChI=1S/C9H5NO4/c10-7-8(12)6-4(11)2-1-3-5(6)14-9(7)13/h1-3,10-11H. The monoisotopic (exact) mass is 191 g/mol. The van der Waals surface area contributed by atoms with Gasteiger partial charge in [0.1, 0.15) is 17.1 Å². The summed E-state index contributed by atoms with van der Waals surface area (Å²) in [5.74, 6) is -2.09. The number of aromatic hydroxyl groups is 1. The Kier molecular flexibility index (Phi) is 1.60. The minimum absolute atomic E-state index is 0.00370. The van der Waals surface area contributed by atoms with E-state index >= 15 is 0 Å². The molecule has 0 fully saturated rings. The lowest BCUT2D eigenvalue weighted by atomic mass is 10.0. The number of Topliss-reactive ketones (excluding diaryl/α,β-unsaturated/α-hetero) is 1. The summed E-state index contributed by atoms with van der Waals surface area (Å²) < 4.78 is 4.65. The molecule has 0 saturated heterocycles. The van der Waals surface area contributed by atoms with Crippen LogP contribution in [0.25, 0.3) is 0 Å². The van der Waals surface area contributed by atoms with E-state index in [0.717, 1.165) is 0 Å². The highest BCUT2D eigenvalue weighted by Crippen LogP contribution is 2.30. The number of phenols is 1. The lowest BCUT2D eigenvalue weighted by Crippen LogP contribution is -2.32. The van der Waals surface area contributed by atoms with Crippen LogP contribution in [-0.4, -0.2) is 22.6 Å². The lowest BCUT2D eigenvalue weighted by molar-refractivity contribution is -0.127. The molecular weight excluding hydrogens is 186 g/mol. The van der Waals surface area contributed by atoms with E-state index in [9.17, 15) is 14.7 Å². The van der Waals surface area contributed by atoms with Gasteiger partial charge in [0.2, 0.25) is 5.78 Å². The van der Waals surface area contributed by atoms with Gasteiger partial charge in [-0.3, -0.25) is 10.2 Å². The molecule has 0 aliphatic carbocycles. The van der Waals surface area contributed by atoms with Crippen LogP contribution in [0.15, 0.2) is 18.2 Å². The van der Waals surface area contributed by atoms with Crippen molar-refractivity contribution < 1.29 is 19.4 Å². The molecule has 1 aliphatic rings. The van der Waals surface area contributed by atoms with Gasteiger partial charge in [0, 0.05) is 0 Å². The van der Waals surface area contributed by atoms with Gasteiger partial charge in [-0.1, -0.05) is 6.07 Å². The van der Waals surface area contributed by atoms with Gasteiger partial charge in [0.15, 0.2) is 5.71 Å². The highest BCUT2D eigenvalue weighted by atomic mass is 16.5. The van der Waals surface area contributed by atoms with Crippen molar-refractivity contribution in [2.24, 2.45) is 0 Å². The first-order chi connectivity index (χ1) is 6.61. The molecule has 0 aromatic heterocycles. The Bertz CT molecular complexity index is 464. The molecule has 0 amide bonds. The summed E-state index contributed by atoms with van der Waals surface area (Å²) in [4.78, 5) is 22.3. The zero-order valence-electron chi connectivity index (χ0n) is 6.90. The summed E-state index contributed by atoms with van der Waals surface area (Å²) in [6.45, 7) is 0. The van der Waals surface area contributed by atoms with E-state index in [0.29, 0.717) is 0 Å². The minimum Gasteiger partial charge on any atom is -0.507 e. The largest absolute Gasteiger partial charge is 0.507 e. The van der Waals surface area contributed by atoms with Crippen LogP contribution in [0.5, 0.6) is 11.5 Å². The SMILES string of the molecule is N=C1C(=O)Oc2cccc(O)c2C1=O. The number of nitrogens with one attached hydrogen (secondary N) is 1. The van der Waals surface area contributed by atoms with Crippen molar-refractivity contribution in [3.05, 3.63) is 23.8 Å². The second kappa shape index (κ2) is 2.66. The van der Waals surface area contributed by atoms with Crippen LogP contribution in [0.1, 0.15) is 10.4 Å². The fourth-order valence-electron chi connectivity index (χ4n) is 1.20. The van der Waals surface area contributed by atoms with Crippen molar-refractivity contribution in [2.75, 3.05) is 0 Å². The molecule has 5 heteroatoms. The van der Waals surface area contributed by atoms with Crippen molar-refractivity contribution in [1.29, 1.82) is 5.41 Å². The van der Waals surface area contributed by atoms with Crippen LogP contribution < -0.4 is 4.74 Å². The molecule has 70 valence electrons. The molecule has 1 aromatic carbocycles. The summed E-state index contributed by atoms with van der Waals surface area (Å²) in [5.41, 5.74) is -0.892. The number of ketones is 1. The van der Waals surface area contributed by atoms with Crippen LogP contribution in [0.2, 0.25) is 0 Å². The molecule has 0 unspecified atom stereocenters. The molecule has 2 N–H and O–H groups in total. The Balaban J connectivity index is 2.68. The number of esters is 1. The Morgan fingerprint density at radius 2 is 2.00 bits per heavy atom. The van der Waals surface area contributed by atoms with Gasteiger partial charge in [0.05, 0.1) is 0 Å². The number of hydrogen-bond acceptors (Lipinski definition) is 5. The van der Waals surface area contributed by atoms with Gasteiger partial charge in [-0.05, 0) is 12.1 Å². The Morgan fingerprint density at radius 3 is 2.71 bits per heavy atom. The maximum absolute atomic E-state index is 11.4. The van der Waals surface area contributed by atoms with E-state index in [1.807, 2.05) is 0 Å². The second-order valence-corrected chi connectivity index (χ2v) is 2.74. The molecule has 0 atom stereocenters. The first kappa shape index (κ1) is 8.43. The lowest BCUT2D eigenvalue weighted by Gasteiger charge is -2.15.